The summed E-state index contributed by atoms with van der Waals surface area (Å²) in [5.41, 5.74) is -4.55. The van der Waals surface area contributed by atoms with Crippen molar-refractivity contribution in [2.45, 2.75) is 38.1 Å². The first-order valence-electron chi connectivity index (χ1n) is 10.0. The molecule has 0 unspecified atom stereocenters. The van der Waals surface area contributed by atoms with E-state index in [2.05, 4.69) is 0 Å². The van der Waals surface area contributed by atoms with Gasteiger partial charge in [-0.2, -0.15) is 21.6 Å². The molecule has 176 valence electrons. The SMILES string of the molecule is O=S(=O)(OS1(CCCOCc2ccccc2)c2ccccc2Sc2ccccc21)C(F)(F)F. The number of fused-ring (bicyclic) bond motifs is 2. The van der Waals surface area contributed by atoms with Gasteiger partial charge in [0, 0.05) is 31.9 Å². The first-order chi connectivity index (χ1) is 15.7. The van der Waals surface area contributed by atoms with Crippen LogP contribution in [-0.4, -0.2) is 26.3 Å². The number of halogens is 3. The Bertz CT molecular complexity index is 1170. The molecule has 3 aromatic rings. The average Bonchev–Trinajstić information content (AvgIpc) is 2.79. The molecular weight excluding hydrogens is 493 g/mol. The van der Waals surface area contributed by atoms with E-state index in [-0.39, 0.29) is 12.4 Å². The minimum Gasteiger partial charge on any atom is -0.377 e. The van der Waals surface area contributed by atoms with Gasteiger partial charge in [0.05, 0.1) is 6.61 Å². The molecule has 0 spiro atoms. The van der Waals surface area contributed by atoms with E-state index in [0.29, 0.717) is 32.6 Å². The van der Waals surface area contributed by atoms with E-state index in [1.165, 1.54) is 11.8 Å². The number of ether oxygens (including phenoxy) is 1. The maximum Gasteiger partial charge on any atom is 0.523 e. The first kappa shape index (κ1) is 24.2. The third kappa shape index (κ3) is 5.09. The summed E-state index contributed by atoms with van der Waals surface area (Å²) in [5, 5.41) is 0. The van der Waals surface area contributed by atoms with Gasteiger partial charge >= 0.3 is 15.6 Å². The predicted molar refractivity (Wildman–Crippen MR) is 123 cm³/mol. The Morgan fingerprint density at radius 3 is 1.94 bits per heavy atom. The van der Waals surface area contributed by atoms with E-state index in [9.17, 15) is 21.6 Å². The van der Waals surface area contributed by atoms with Crippen molar-refractivity contribution < 1.29 is 30.0 Å². The van der Waals surface area contributed by atoms with Gasteiger partial charge in [-0.3, -0.25) is 0 Å². The van der Waals surface area contributed by atoms with Crippen LogP contribution < -0.4 is 0 Å². The summed E-state index contributed by atoms with van der Waals surface area (Å²) < 4.78 is 75.7. The molecule has 0 N–H and O–H groups in total. The fourth-order valence-corrected chi connectivity index (χ4v) is 10.4. The van der Waals surface area contributed by atoms with Crippen molar-refractivity contribution in [1.82, 2.24) is 0 Å². The topological polar surface area (TPSA) is 52.6 Å². The van der Waals surface area contributed by atoms with Crippen LogP contribution in [0.15, 0.2) is 98.4 Å². The van der Waals surface area contributed by atoms with Crippen LogP contribution in [0.25, 0.3) is 0 Å². The molecule has 1 aliphatic rings. The van der Waals surface area contributed by atoms with Crippen molar-refractivity contribution in [3.8, 4) is 0 Å². The van der Waals surface area contributed by atoms with E-state index < -0.39 is 25.9 Å². The van der Waals surface area contributed by atoms with Crippen molar-refractivity contribution >= 4 is 32.2 Å². The van der Waals surface area contributed by atoms with Gasteiger partial charge in [0.15, 0.2) is 0 Å². The van der Waals surface area contributed by atoms with Crippen molar-refractivity contribution in [3.05, 3.63) is 84.4 Å². The molecule has 0 amide bonds. The molecule has 0 fully saturated rings. The molecule has 3 aromatic carbocycles. The molecule has 1 aliphatic heterocycles. The van der Waals surface area contributed by atoms with Gasteiger partial charge in [0.25, 0.3) is 0 Å². The predicted octanol–water partition coefficient (Wildman–Crippen LogP) is 6.76. The number of rotatable bonds is 8. The smallest absolute Gasteiger partial charge is 0.377 e. The average molecular weight is 515 g/mol. The molecule has 0 bridgehead atoms. The monoisotopic (exact) mass is 514 g/mol. The van der Waals surface area contributed by atoms with Crippen LogP contribution in [-0.2, 0) is 25.1 Å². The normalized spacial score (nSPS) is 16.0. The number of hydrogen-bond acceptors (Lipinski definition) is 5. The molecule has 0 saturated carbocycles. The largest absolute Gasteiger partial charge is 0.523 e. The fraction of sp³-hybridized carbons (Fsp3) is 0.217. The van der Waals surface area contributed by atoms with Crippen molar-refractivity contribution in [2.24, 2.45) is 0 Å². The third-order valence-corrected chi connectivity index (χ3v) is 11.6. The van der Waals surface area contributed by atoms with Gasteiger partial charge in [0.2, 0.25) is 0 Å². The Morgan fingerprint density at radius 1 is 0.818 bits per heavy atom. The highest BCUT2D eigenvalue weighted by Gasteiger charge is 2.53. The first-order valence-corrected chi connectivity index (χ1v) is 14.0. The Balaban J connectivity index is 1.67. The van der Waals surface area contributed by atoms with Crippen LogP contribution in [0.1, 0.15) is 12.0 Å². The lowest BCUT2D eigenvalue weighted by molar-refractivity contribution is -0.0496. The summed E-state index contributed by atoms with van der Waals surface area (Å²) in [7, 11) is -8.85. The van der Waals surface area contributed by atoms with Crippen LogP contribution in [0.4, 0.5) is 13.2 Å². The van der Waals surface area contributed by atoms with Gasteiger partial charge in [0.1, 0.15) is 0 Å². The summed E-state index contributed by atoms with van der Waals surface area (Å²) in [4.78, 5) is 2.33. The highest BCUT2D eigenvalue weighted by molar-refractivity contribution is 8.33. The van der Waals surface area contributed by atoms with Crippen LogP contribution in [0.2, 0.25) is 0 Å². The number of benzene rings is 3. The van der Waals surface area contributed by atoms with Crippen molar-refractivity contribution in [2.75, 3.05) is 12.4 Å². The zero-order valence-electron chi connectivity index (χ0n) is 17.3. The van der Waals surface area contributed by atoms with E-state index in [1.54, 1.807) is 48.5 Å². The highest BCUT2D eigenvalue weighted by atomic mass is 32.3. The molecule has 10 heteroatoms. The highest BCUT2D eigenvalue weighted by Crippen LogP contribution is 2.72. The van der Waals surface area contributed by atoms with Gasteiger partial charge in [-0.05, 0) is 36.2 Å². The maximum atomic E-state index is 13.4. The molecule has 1 heterocycles. The van der Waals surface area contributed by atoms with Gasteiger partial charge in [-0.25, -0.2) is 3.63 Å². The van der Waals surface area contributed by atoms with E-state index in [1.807, 2.05) is 30.3 Å². The van der Waals surface area contributed by atoms with E-state index in [0.717, 1.165) is 5.56 Å². The van der Waals surface area contributed by atoms with Crippen LogP contribution in [0.3, 0.4) is 0 Å². The Hall–Kier alpha value is -1.98. The molecular formula is C23H21F3O4S3. The van der Waals surface area contributed by atoms with Crippen LogP contribution in [0, 0.1) is 0 Å². The maximum absolute atomic E-state index is 13.4. The van der Waals surface area contributed by atoms with Crippen LogP contribution >= 0.6 is 22.1 Å². The lowest BCUT2D eigenvalue weighted by atomic mass is 10.2. The lowest BCUT2D eigenvalue weighted by Crippen LogP contribution is -2.29. The van der Waals surface area contributed by atoms with Crippen molar-refractivity contribution in [3.63, 3.8) is 0 Å². The molecule has 4 nitrogen and oxygen atoms in total. The summed E-state index contributed by atoms with van der Waals surface area (Å²) in [5.74, 6) is 0.0751. The molecule has 0 atom stereocenters. The van der Waals surface area contributed by atoms with Crippen LogP contribution in [0.5, 0.6) is 0 Å². The zero-order valence-corrected chi connectivity index (χ0v) is 19.8. The molecule has 0 aromatic heterocycles. The molecule has 0 aliphatic carbocycles. The second kappa shape index (κ2) is 9.71. The second-order valence-electron chi connectivity index (χ2n) is 7.23. The van der Waals surface area contributed by atoms with Gasteiger partial charge in [-0.15, -0.1) is 0 Å². The zero-order chi connectivity index (χ0) is 23.5. The van der Waals surface area contributed by atoms with Gasteiger partial charge < -0.3 is 4.74 Å². The summed E-state index contributed by atoms with van der Waals surface area (Å²) in [6, 6.07) is 23.3. The fourth-order valence-electron chi connectivity index (χ4n) is 3.50. The lowest BCUT2D eigenvalue weighted by Gasteiger charge is -2.43. The Morgan fingerprint density at radius 2 is 1.36 bits per heavy atom. The van der Waals surface area contributed by atoms with E-state index >= 15 is 0 Å². The molecule has 0 saturated heterocycles. The Labute approximate surface area is 196 Å². The van der Waals surface area contributed by atoms with E-state index in [4.69, 9.17) is 8.37 Å². The summed E-state index contributed by atoms with van der Waals surface area (Å²) >= 11 is 1.39. The molecule has 33 heavy (non-hydrogen) atoms. The Kier molecular flexibility index (Phi) is 7.11. The quantitative estimate of drug-likeness (QED) is 0.246. The molecule has 4 rings (SSSR count). The number of alkyl halides is 3. The van der Waals surface area contributed by atoms with Crippen molar-refractivity contribution in [1.29, 1.82) is 0 Å². The molecule has 0 radical (unpaired) electrons. The third-order valence-electron chi connectivity index (χ3n) is 4.95. The minimum atomic E-state index is -5.84. The summed E-state index contributed by atoms with van der Waals surface area (Å²) in [6.07, 6.45) is 0.322. The second-order valence-corrected chi connectivity index (χ2v) is 12.9. The summed E-state index contributed by atoms with van der Waals surface area (Å²) in [6.45, 7) is 0.602. The standard InChI is InChI=1S/C23H21F3O4S3/c24-23(25,26)33(27,28)30-32(16-8-15-29-17-18-9-2-1-3-10-18)21-13-6-4-11-19(21)31-20-12-5-7-14-22(20)32/h1-7,9-14H,8,15-17H2. The minimum absolute atomic E-state index is 0.0751. The number of hydrogen-bond donors (Lipinski definition) is 0. The van der Waals surface area contributed by atoms with Gasteiger partial charge in [-0.1, -0.05) is 76.7 Å².